The summed E-state index contributed by atoms with van der Waals surface area (Å²) in [4.78, 5) is 33.2. The Morgan fingerprint density at radius 3 is 2.41 bits per heavy atom. The highest BCUT2D eigenvalue weighted by Crippen LogP contribution is 2.34. The number of carbonyl (C=O) groups is 1. The molecule has 0 saturated carbocycles. The number of carbonyl (C=O) groups excluding carboxylic acids is 1. The molecule has 3 aromatic rings. The van der Waals surface area contributed by atoms with Crippen LogP contribution in [0.5, 0.6) is 5.75 Å². The molecule has 2 aromatic carbocycles. The van der Waals surface area contributed by atoms with Crippen molar-refractivity contribution in [3.8, 4) is 17.1 Å². The number of nitrogens with one attached hydrogen (secondary N) is 2. The van der Waals surface area contributed by atoms with Crippen molar-refractivity contribution in [3.05, 3.63) is 47.4 Å². The molecular formula is C28H39N5O4. The molecule has 0 saturated heterocycles. The van der Waals surface area contributed by atoms with E-state index in [-0.39, 0.29) is 11.7 Å². The molecule has 1 amide bonds. The summed E-state index contributed by atoms with van der Waals surface area (Å²) in [6.07, 6.45) is 0.285. The van der Waals surface area contributed by atoms with Crippen LogP contribution in [0, 0.1) is 10.8 Å². The Hall–Kier alpha value is -3.75. The monoisotopic (exact) mass is 509 g/mol. The van der Waals surface area contributed by atoms with E-state index in [4.69, 9.17) is 14.5 Å². The number of amides is 1. The summed E-state index contributed by atoms with van der Waals surface area (Å²) < 4.78 is 10.8. The van der Waals surface area contributed by atoms with Gasteiger partial charge in [-0.3, -0.25) is 0 Å². The Morgan fingerprint density at radius 1 is 1.08 bits per heavy atom. The fourth-order valence-corrected chi connectivity index (χ4v) is 3.69. The summed E-state index contributed by atoms with van der Waals surface area (Å²) in [6, 6.07) is 12.3. The third kappa shape index (κ3) is 8.70. The molecule has 0 aliphatic heterocycles. The fraction of sp³-hybridized carbons (Fsp3) is 0.464. The summed E-state index contributed by atoms with van der Waals surface area (Å²) in [7, 11) is 1.55. The van der Waals surface area contributed by atoms with Crippen LogP contribution in [0.3, 0.4) is 0 Å². The molecule has 9 heteroatoms. The maximum atomic E-state index is 12.4. The minimum absolute atomic E-state index is 0.189. The van der Waals surface area contributed by atoms with Gasteiger partial charge in [0.15, 0.2) is 5.82 Å². The van der Waals surface area contributed by atoms with E-state index in [1.807, 2.05) is 58.9 Å². The van der Waals surface area contributed by atoms with Crippen LogP contribution in [0.1, 0.15) is 54.9 Å². The summed E-state index contributed by atoms with van der Waals surface area (Å²) in [5.41, 5.74) is 0.814. The number of ether oxygens (including phenoxy) is 2. The molecule has 3 rings (SSSR count). The third-order valence-corrected chi connectivity index (χ3v) is 5.14. The van der Waals surface area contributed by atoms with Gasteiger partial charge in [-0.25, -0.2) is 14.8 Å². The van der Waals surface area contributed by atoms with Crippen LogP contribution in [0.15, 0.2) is 47.6 Å². The summed E-state index contributed by atoms with van der Waals surface area (Å²) in [6.45, 7) is 14.1. The molecule has 200 valence electrons. The molecule has 0 spiro atoms. The Labute approximate surface area is 219 Å². The first-order valence-electron chi connectivity index (χ1n) is 12.6. The predicted molar refractivity (Wildman–Crippen MR) is 149 cm³/mol. The number of hydrogen-bond donors (Lipinski definition) is 2. The van der Waals surface area contributed by atoms with Crippen LogP contribution in [-0.2, 0) is 4.74 Å². The van der Waals surface area contributed by atoms with E-state index in [0.717, 1.165) is 11.8 Å². The van der Waals surface area contributed by atoms with Gasteiger partial charge in [-0.05, 0) is 68.6 Å². The van der Waals surface area contributed by atoms with Gasteiger partial charge in [0.1, 0.15) is 22.9 Å². The molecular weight excluding hydrogens is 470 g/mol. The van der Waals surface area contributed by atoms with Gasteiger partial charge in [0, 0.05) is 18.0 Å². The minimum atomic E-state index is -0.585. The van der Waals surface area contributed by atoms with Gasteiger partial charge in [-0.15, -0.1) is 4.91 Å². The van der Waals surface area contributed by atoms with Crippen molar-refractivity contribution >= 4 is 28.5 Å². The Kier molecular flexibility index (Phi) is 10.8. The van der Waals surface area contributed by atoms with E-state index in [9.17, 15) is 9.70 Å². The number of methoxy groups -OCH3 is 1. The van der Waals surface area contributed by atoms with Crippen molar-refractivity contribution in [3.63, 3.8) is 0 Å². The number of benzene rings is 2. The topological polar surface area (TPSA) is 115 Å². The van der Waals surface area contributed by atoms with Crippen molar-refractivity contribution in [2.75, 3.05) is 19.0 Å². The van der Waals surface area contributed by atoms with Crippen molar-refractivity contribution in [1.82, 2.24) is 15.3 Å². The zero-order valence-electron chi connectivity index (χ0n) is 23.1. The quantitative estimate of drug-likeness (QED) is 0.296. The molecule has 1 heterocycles. The molecule has 1 atom stereocenters. The zero-order valence-corrected chi connectivity index (χ0v) is 23.1. The van der Waals surface area contributed by atoms with E-state index in [0.29, 0.717) is 40.9 Å². The molecule has 0 aliphatic rings. The number of nitroso groups, excluding NO2 is 1. The number of fused-ring (bicyclic) bond motifs is 1. The van der Waals surface area contributed by atoms with Crippen LogP contribution in [-0.4, -0.2) is 41.4 Å². The lowest BCUT2D eigenvalue weighted by molar-refractivity contribution is 0.0502. The standard InChI is InChI=1S/C26H33N5O4.C2H6/c1-16(2)13-17(28-25(32)35-26(3,4)5)15-27-23-19-9-7-8-10-21(19)29-24(30-23)20-14-18(34-6)11-12-22(20)31-33;1-2/h7-12,14,16-17H,13,15H2,1-6H3,(H,28,32)(H,27,29,30);1-2H3. The van der Waals surface area contributed by atoms with E-state index in [1.54, 1.807) is 25.3 Å². The lowest BCUT2D eigenvalue weighted by Crippen LogP contribution is -2.43. The van der Waals surface area contributed by atoms with Gasteiger partial charge in [-0.2, -0.15) is 0 Å². The van der Waals surface area contributed by atoms with Gasteiger partial charge < -0.3 is 20.1 Å². The van der Waals surface area contributed by atoms with Gasteiger partial charge in [0.2, 0.25) is 0 Å². The second kappa shape index (κ2) is 13.5. The number of anilines is 1. The number of rotatable bonds is 9. The first kappa shape index (κ1) is 29.5. The summed E-state index contributed by atoms with van der Waals surface area (Å²) >= 11 is 0. The minimum Gasteiger partial charge on any atom is -0.497 e. The first-order valence-corrected chi connectivity index (χ1v) is 12.6. The average molecular weight is 510 g/mol. The fourth-order valence-electron chi connectivity index (χ4n) is 3.69. The predicted octanol–water partition coefficient (Wildman–Crippen LogP) is 7.08. The molecule has 0 radical (unpaired) electrons. The second-order valence-corrected chi connectivity index (χ2v) is 9.74. The lowest BCUT2D eigenvalue weighted by Gasteiger charge is -2.25. The largest absolute Gasteiger partial charge is 0.497 e. The Balaban J connectivity index is 0.00000235. The highest BCUT2D eigenvalue weighted by atomic mass is 16.6. The van der Waals surface area contributed by atoms with Gasteiger partial charge in [0.05, 0.1) is 18.2 Å². The molecule has 0 bridgehead atoms. The maximum absolute atomic E-state index is 12.4. The first-order chi connectivity index (χ1) is 17.6. The van der Waals surface area contributed by atoms with Gasteiger partial charge in [0.25, 0.3) is 0 Å². The van der Waals surface area contributed by atoms with Crippen LogP contribution in [0.25, 0.3) is 22.3 Å². The van der Waals surface area contributed by atoms with Crippen molar-refractivity contribution < 1.29 is 14.3 Å². The molecule has 37 heavy (non-hydrogen) atoms. The van der Waals surface area contributed by atoms with E-state index in [1.165, 1.54) is 0 Å². The van der Waals surface area contributed by atoms with E-state index in [2.05, 4.69) is 34.6 Å². The average Bonchev–Trinajstić information content (AvgIpc) is 2.86. The molecule has 2 N–H and O–H groups in total. The normalized spacial score (nSPS) is 11.8. The number of nitrogens with zero attached hydrogens (tertiary/aromatic N) is 3. The van der Waals surface area contributed by atoms with Gasteiger partial charge >= 0.3 is 6.09 Å². The van der Waals surface area contributed by atoms with E-state index < -0.39 is 11.7 Å². The van der Waals surface area contributed by atoms with Crippen LogP contribution >= 0.6 is 0 Å². The number of hydrogen-bond acceptors (Lipinski definition) is 8. The summed E-state index contributed by atoms with van der Waals surface area (Å²) in [5, 5.41) is 10.3. The summed E-state index contributed by atoms with van der Waals surface area (Å²) in [5.74, 6) is 1.86. The van der Waals surface area contributed by atoms with Crippen LogP contribution in [0.4, 0.5) is 16.3 Å². The van der Waals surface area contributed by atoms with Crippen molar-refractivity contribution in [1.29, 1.82) is 0 Å². The molecule has 0 aliphatic carbocycles. The highest BCUT2D eigenvalue weighted by molar-refractivity contribution is 5.91. The smallest absolute Gasteiger partial charge is 0.407 e. The maximum Gasteiger partial charge on any atom is 0.407 e. The number of aromatic nitrogens is 2. The number of para-hydroxylation sites is 1. The molecule has 0 fully saturated rings. The van der Waals surface area contributed by atoms with Gasteiger partial charge in [-0.1, -0.05) is 39.8 Å². The Morgan fingerprint density at radius 2 is 1.78 bits per heavy atom. The highest BCUT2D eigenvalue weighted by Gasteiger charge is 2.21. The van der Waals surface area contributed by atoms with Crippen molar-refractivity contribution in [2.24, 2.45) is 11.1 Å². The van der Waals surface area contributed by atoms with Crippen LogP contribution < -0.4 is 15.4 Å². The molecule has 1 aromatic heterocycles. The molecule has 9 nitrogen and oxygen atoms in total. The second-order valence-electron chi connectivity index (χ2n) is 9.74. The van der Waals surface area contributed by atoms with Crippen molar-refractivity contribution in [2.45, 2.75) is 66.5 Å². The SMILES string of the molecule is CC.COc1ccc(N=O)c(-c2nc(NCC(CC(C)C)NC(=O)OC(C)(C)C)c3ccccc3n2)c1. The Bertz CT molecular complexity index is 1190. The zero-order chi connectivity index (χ0) is 27.6. The third-order valence-electron chi connectivity index (χ3n) is 5.14. The number of alkyl carbamates (subject to hydrolysis) is 1. The molecule has 1 unspecified atom stereocenters. The van der Waals surface area contributed by atoms with E-state index >= 15 is 0 Å². The lowest BCUT2D eigenvalue weighted by atomic mass is 10.0. The van der Waals surface area contributed by atoms with Crippen LogP contribution in [0.2, 0.25) is 0 Å².